The van der Waals surface area contributed by atoms with Gasteiger partial charge in [0.25, 0.3) is 0 Å². The van der Waals surface area contributed by atoms with Crippen LogP contribution in [-0.4, -0.2) is 12.3 Å². The summed E-state index contributed by atoms with van der Waals surface area (Å²) in [5.41, 5.74) is 0. The molecule has 10 nitrogen and oxygen atoms in total. The molecule has 0 spiro atoms. The first-order valence-electron chi connectivity index (χ1n) is 2.13. The van der Waals surface area contributed by atoms with Crippen LogP contribution in [0.3, 0.4) is 0 Å². The van der Waals surface area contributed by atoms with Gasteiger partial charge in [-0.3, -0.25) is 0 Å². The fourth-order valence-electron chi connectivity index (χ4n) is 0.130. The maximum Gasteiger partial charge on any atom is 1.00 e. The monoisotopic (exact) mass is 322 g/mol. The second-order valence-electron chi connectivity index (χ2n) is 1.33. The third-order valence-corrected chi connectivity index (χ3v) is 0.450. The predicted octanol–water partition coefficient (Wildman–Crippen LogP) is -25.8. The molecule has 0 saturated heterocycles. The molecule has 0 aliphatic rings. The van der Waals surface area contributed by atoms with Crippen molar-refractivity contribution < 1.29 is 228 Å². The van der Waals surface area contributed by atoms with Gasteiger partial charge >= 0.3 is 177 Å². The average Bonchev–Trinajstić information content (AvgIpc) is 2.02. The molecule has 0 aromatic carbocycles. The fraction of sp³-hybridized carbons (Fsp3) is 1.00. The summed E-state index contributed by atoms with van der Waals surface area (Å²) in [4.78, 5) is 9.94. The van der Waals surface area contributed by atoms with Gasteiger partial charge in [-0.05, 0) is 0 Å². The van der Waals surface area contributed by atoms with Crippen LogP contribution in [0.5, 0.6) is 0 Å². The van der Waals surface area contributed by atoms with Gasteiger partial charge < -0.3 is 40.7 Å². The van der Waals surface area contributed by atoms with Gasteiger partial charge in [0.1, 0.15) is 0 Å². The summed E-state index contributed by atoms with van der Waals surface area (Å²) in [6.45, 7) is 0. The first-order valence-corrected chi connectivity index (χ1v) is 2.13. The van der Waals surface area contributed by atoms with E-state index in [1.165, 1.54) is 0 Å². The van der Waals surface area contributed by atoms with E-state index in [-0.39, 0.29) is 177 Å². The summed E-state index contributed by atoms with van der Waals surface area (Å²) in [5.74, 6) is 0. The first-order chi connectivity index (χ1) is 5.33. The first kappa shape index (κ1) is 43.7. The van der Waals surface area contributed by atoms with Crippen molar-refractivity contribution >= 4 is 0 Å². The maximum absolute atomic E-state index is 9.76. The van der Waals surface area contributed by atoms with Crippen molar-refractivity contribution in [1.29, 1.82) is 0 Å². The van der Waals surface area contributed by atoms with Gasteiger partial charge in [0.2, 0.25) is 0 Å². The van der Waals surface area contributed by atoms with Gasteiger partial charge in [0, 0.05) is 12.3 Å². The maximum atomic E-state index is 9.76. The summed E-state index contributed by atoms with van der Waals surface area (Å²) in [7, 11) is 0. The molecule has 0 radical (unpaired) electrons. The van der Waals surface area contributed by atoms with Crippen molar-refractivity contribution in [2.45, 2.75) is 12.3 Å². The van der Waals surface area contributed by atoms with Gasteiger partial charge in [-0.1, -0.05) is 0 Å². The van der Waals surface area contributed by atoms with Crippen LogP contribution in [0.4, 0.5) is 0 Å². The van der Waals surface area contributed by atoms with Gasteiger partial charge in [0.05, 0.1) is 0 Å². The van der Waals surface area contributed by atoms with Crippen molar-refractivity contribution in [2.24, 2.45) is 0 Å². The molecule has 0 bridgehead atoms. The third-order valence-electron chi connectivity index (χ3n) is 0.450. The van der Waals surface area contributed by atoms with E-state index in [2.05, 4.69) is 19.6 Å². The van der Waals surface area contributed by atoms with Gasteiger partial charge in [-0.2, -0.15) is 0 Å². The SMILES string of the molecule is [Na+].[Na+].[Na+].[Na+].[Na+].[Na+].[O-]OC([O-])([O-])OOC([O-])([O-])O[O-]. The van der Waals surface area contributed by atoms with Crippen molar-refractivity contribution in [3.63, 3.8) is 0 Å². The van der Waals surface area contributed by atoms with E-state index in [4.69, 9.17) is 10.5 Å². The predicted molar refractivity (Wildman–Crippen MR) is 9.80 cm³/mol. The molecule has 0 N–H and O–H groups in total. The molecule has 0 heterocycles. The van der Waals surface area contributed by atoms with E-state index in [0.717, 1.165) is 0 Å². The molecule has 0 aliphatic carbocycles. The second-order valence-corrected chi connectivity index (χ2v) is 1.33. The van der Waals surface area contributed by atoms with Crippen LogP contribution < -0.4 is 208 Å². The number of hydrogen-bond acceptors (Lipinski definition) is 10. The minimum absolute atomic E-state index is 0. The minimum Gasteiger partial charge on any atom is -0.819 e. The zero-order valence-electron chi connectivity index (χ0n) is 11.1. The quantitative estimate of drug-likeness (QED) is 0.204. The molecule has 0 fully saturated rings. The van der Waals surface area contributed by atoms with Crippen LogP contribution >= 0.6 is 0 Å². The minimum atomic E-state index is -4.35. The molecule has 0 unspecified atom stereocenters. The fourth-order valence-corrected chi connectivity index (χ4v) is 0.130. The Morgan fingerprint density at radius 1 is 0.500 bits per heavy atom. The molecule has 74 valence electrons. The zero-order chi connectivity index (χ0) is 9.83. The van der Waals surface area contributed by atoms with Crippen LogP contribution in [0.2, 0.25) is 0 Å². The molecule has 0 saturated carbocycles. The summed E-state index contributed by atoms with van der Waals surface area (Å²) < 4.78 is 0. The number of rotatable bonds is 5. The Bertz CT molecular complexity index is 128. The van der Waals surface area contributed by atoms with Crippen LogP contribution in [0.25, 0.3) is 0 Å². The molecular formula is C2Na6O10. The van der Waals surface area contributed by atoms with Crippen LogP contribution in [-0.2, 0) is 19.6 Å². The Hall–Kier alpha value is 5.60. The standard InChI is InChI=1S/C2H2O10.6Na/c3-1(4,9-7)11-12-2(5,6)10-8;;;;;;/h7-8H;;;;;;/q-4;6*+1/p-2. The van der Waals surface area contributed by atoms with E-state index >= 15 is 0 Å². The van der Waals surface area contributed by atoms with Crippen molar-refractivity contribution in [1.82, 2.24) is 0 Å². The molecule has 18 heavy (non-hydrogen) atoms. The molecule has 16 heteroatoms. The van der Waals surface area contributed by atoms with Crippen LogP contribution in [0, 0.1) is 0 Å². The van der Waals surface area contributed by atoms with Crippen molar-refractivity contribution in [2.75, 3.05) is 0 Å². The smallest absolute Gasteiger partial charge is 0.819 e. The molecule has 0 amide bonds. The summed E-state index contributed by atoms with van der Waals surface area (Å²) in [6, 6.07) is 0. The second kappa shape index (κ2) is 22.6. The van der Waals surface area contributed by atoms with E-state index in [1.54, 1.807) is 0 Å². The van der Waals surface area contributed by atoms with Crippen LogP contribution in [0.15, 0.2) is 0 Å². The summed E-state index contributed by atoms with van der Waals surface area (Å²) in [5, 5.41) is 57.3. The average molecular weight is 322 g/mol. The van der Waals surface area contributed by atoms with E-state index in [9.17, 15) is 20.4 Å². The van der Waals surface area contributed by atoms with E-state index < -0.39 is 12.3 Å². The molecule has 0 aliphatic heterocycles. The Kier molecular flexibility index (Phi) is 54.9. The van der Waals surface area contributed by atoms with Gasteiger partial charge in [-0.25, -0.2) is 9.78 Å². The number of hydrogen-bond donors (Lipinski definition) is 0. The van der Waals surface area contributed by atoms with Crippen LogP contribution in [0.1, 0.15) is 0 Å². The Morgan fingerprint density at radius 3 is 0.778 bits per heavy atom. The van der Waals surface area contributed by atoms with Gasteiger partial charge in [-0.15, -0.1) is 0 Å². The molecule has 0 atom stereocenters. The molecule has 0 rings (SSSR count). The largest absolute Gasteiger partial charge is 1.00 e. The summed E-state index contributed by atoms with van der Waals surface area (Å²) in [6.07, 6.45) is -8.70. The van der Waals surface area contributed by atoms with Crippen molar-refractivity contribution in [3.05, 3.63) is 0 Å². The Labute approximate surface area is 235 Å². The molecular weight excluding hydrogens is 322 g/mol. The normalized spacial score (nSPS) is 9.00. The van der Waals surface area contributed by atoms with Crippen molar-refractivity contribution in [3.8, 4) is 0 Å². The molecule has 0 aromatic rings. The summed E-state index contributed by atoms with van der Waals surface area (Å²) >= 11 is 0. The zero-order valence-corrected chi connectivity index (χ0v) is 23.1. The van der Waals surface area contributed by atoms with Gasteiger partial charge in [0.15, 0.2) is 0 Å². The Morgan fingerprint density at radius 2 is 0.667 bits per heavy atom. The van der Waals surface area contributed by atoms with E-state index in [1.807, 2.05) is 0 Å². The van der Waals surface area contributed by atoms with E-state index in [0.29, 0.717) is 0 Å². The molecule has 0 aromatic heterocycles. The third kappa shape index (κ3) is 26.5. The topological polar surface area (TPSA) is 175 Å². The Balaban J connectivity index is -0.0000000403.